The van der Waals surface area contributed by atoms with E-state index in [9.17, 15) is 27.6 Å². The van der Waals surface area contributed by atoms with E-state index >= 15 is 0 Å². The minimum absolute atomic E-state index is 0.0648. The van der Waals surface area contributed by atoms with E-state index in [1.165, 1.54) is 18.3 Å². The Morgan fingerprint density at radius 3 is 2.40 bits per heavy atom. The van der Waals surface area contributed by atoms with Crippen molar-refractivity contribution in [1.82, 2.24) is 25.0 Å². The number of ether oxygens (including phenoxy) is 1. The van der Waals surface area contributed by atoms with Crippen molar-refractivity contribution in [1.29, 1.82) is 0 Å². The van der Waals surface area contributed by atoms with E-state index in [1.807, 2.05) is 13.8 Å². The first-order chi connectivity index (χ1) is 21.4. The second-order valence-corrected chi connectivity index (χ2v) is 11.1. The summed E-state index contributed by atoms with van der Waals surface area (Å²) in [5.74, 6) is -3.95. The van der Waals surface area contributed by atoms with Crippen LogP contribution in [0.3, 0.4) is 0 Å². The van der Waals surface area contributed by atoms with Crippen molar-refractivity contribution in [3.05, 3.63) is 106 Å². The fourth-order valence-corrected chi connectivity index (χ4v) is 5.20. The zero-order valence-electron chi connectivity index (χ0n) is 24.8. The first-order valence-corrected chi connectivity index (χ1v) is 14.2. The Balaban J connectivity index is 1.54. The molecule has 45 heavy (non-hydrogen) atoms. The molecule has 3 amide bonds. The van der Waals surface area contributed by atoms with Crippen LogP contribution in [0.2, 0.25) is 0 Å². The first-order valence-electron chi connectivity index (χ1n) is 14.2. The molecule has 1 atom stereocenters. The lowest BCUT2D eigenvalue weighted by atomic mass is 9.94. The van der Waals surface area contributed by atoms with E-state index in [0.717, 1.165) is 28.9 Å². The largest absolute Gasteiger partial charge is 0.378 e. The predicted octanol–water partition coefficient (Wildman–Crippen LogP) is 4.60. The summed E-state index contributed by atoms with van der Waals surface area (Å²) in [7, 11) is 1.57. The van der Waals surface area contributed by atoms with E-state index in [0.29, 0.717) is 29.9 Å². The average Bonchev–Trinajstić information content (AvgIpc) is 3.42. The molecule has 3 heterocycles. The average molecular weight is 621 g/mol. The van der Waals surface area contributed by atoms with Gasteiger partial charge in [0.2, 0.25) is 0 Å². The maximum absolute atomic E-state index is 14.3. The van der Waals surface area contributed by atoms with Crippen molar-refractivity contribution in [3.8, 4) is 11.1 Å². The standard InChI is InChI=1S/C32H31F3N6O4/c1-17(2)28-14-27(31(43)40-15-22(16-40)45-3)39-41(28)32(44)38-26(11-18-9-20(33)13-21(34)10-18)29-23(5-4-8-37-29)19-6-7-25(35)24(12-19)30(36)42/h4-10,12-14,17,22,26H,11,15-16H2,1-3H3,(H2,36,42)(H,38,44)/t26-/m0/s1. The van der Waals surface area contributed by atoms with Gasteiger partial charge in [0, 0.05) is 38.0 Å². The summed E-state index contributed by atoms with van der Waals surface area (Å²) in [4.78, 5) is 44.8. The first kappa shape index (κ1) is 31.4. The smallest absolute Gasteiger partial charge is 0.342 e. The Labute approximate surface area is 257 Å². The monoisotopic (exact) mass is 620 g/mol. The Morgan fingerprint density at radius 1 is 1.04 bits per heavy atom. The number of hydrogen-bond donors (Lipinski definition) is 2. The number of likely N-dealkylation sites (tertiary alicyclic amines) is 1. The van der Waals surface area contributed by atoms with Gasteiger partial charge in [-0.1, -0.05) is 26.0 Å². The maximum Gasteiger partial charge on any atom is 0.342 e. The van der Waals surface area contributed by atoms with Crippen LogP contribution in [0.1, 0.15) is 63.6 Å². The van der Waals surface area contributed by atoms with Crippen molar-refractivity contribution >= 4 is 17.8 Å². The highest BCUT2D eigenvalue weighted by Gasteiger charge is 2.34. The number of rotatable bonds is 9. The molecule has 2 aromatic carbocycles. The summed E-state index contributed by atoms with van der Waals surface area (Å²) in [5.41, 5.74) is 6.82. The summed E-state index contributed by atoms with van der Waals surface area (Å²) in [6.07, 6.45) is 1.29. The number of nitrogens with zero attached hydrogens (tertiary/aromatic N) is 4. The van der Waals surface area contributed by atoms with Crippen molar-refractivity contribution < 1.29 is 32.3 Å². The third-order valence-electron chi connectivity index (χ3n) is 7.58. The van der Waals surface area contributed by atoms with Crippen LogP contribution < -0.4 is 11.1 Å². The minimum atomic E-state index is -1.00. The molecule has 3 N–H and O–H groups in total. The van der Waals surface area contributed by atoms with E-state index in [4.69, 9.17) is 10.5 Å². The van der Waals surface area contributed by atoms with Gasteiger partial charge < -0.3 is 20.7 Å². The van der Waals surface area contributed by atoms with Gasteiger partial charge in [-0.25, -0.2) is 18.0 Å². The second kappa shape index (κ2) is 12.9. The molecule has 0 radical (unpaired) electrons. The van der Waals surface area contributed by atoms with Crippen molar-refractivity contribution in [2.75, 3.05) is 20.2 Å². The Bertz CT molecular complexity index is 1750. The Kier molecular flexibility index (Phi) is 9.00. The molecular weight excluding hydrogens is 589 g/mol. The van der Waals surface area contributed by atoms with Crippen molar-refractivity contribution in [2.24, 2.45) is 5.73 Å². The van der Waals surface area contributed by atoms with Crippen molar-refractivity contribution in [3.63, 3.8) is 0 Å². The number of hydrogen-bond acceptors (Lipinski definition) is 6. The van der Waals surface area contributed by atoms with Crippen LogP contribution >= 0.6 is 0 Å². The molecule has 2 aromatic heterocycles. The van der Waals surface area contributed by atoms with Gasteiger partial charge in [-0.2, -0.15) is 9.78 Å². The highest BCUT2D eigenvalue weighted by atomic mass is 19.1. The van der Waals surface area contributed by atoms with E-state index in [2.05, 4.69) is 15.4 Å². The number of methoxy groups -OCH3 is 1. The molecule has 5 rings (SSSR count). The number of benzene rings is 2. The number of primary amides is 1. The summed E-state index contributed by atoms with van der Waals surface area (Å²) in [6, 6.07) is 9.89. The van der Waals surface area contributed by atoms with Crippen LogP contribution in [-0.2, 0) is 11.2 Å². The molecule has 1 aliphatic heterocycles. The van der Waals surface area contributed by atoms with Crippen LogP contribution in [0.5, 0.6) is 0 Å². The van der Waals surface area contributed by atoms with E-state index < -0.39 is 35.4 Å². The Hall–Kier alpha value is -5.04. The normalized spacial score (nSPS) is 13.9. The minimum Gasteiger partial charge on any atom is -0.378 e. The molecule has 4 aromatic rings. The topological polar surface area (TPSA) is 132 Å². The van der Waals surface area contributed by atoms with Gasteiger partial charge in [0.1, 0.15) is 17.5 Å². The molecule has 1 saturated heterocycles. The summed E-state index contributed by atoms with van der Waals surface area (Å²) >= 11 is 0. The van der Waals surface area contributed by atoms with Gasteiger partial charge in [-0.15, -0.1) is 0 Å². The molecule has 0 unspecified atom stereocenters. The van der Waals surface area contributed by atoms with Crippen molar-refractivity contribution in [2.45, 2.75) is 38.3 Å². The molecule has 10 nitrogen and oxygen atoms in total. The van der Waals surface area contributed by atoms with Gasteiger partial charge in [-0.05, 0) is 59.9 Å². The van der Waals surface area contributed by atoms with Crippen LogP contribution in [0, 0.1) is 17.5 Å². The second-order valence-electron chi connectivity index (χ2n) is 11.1. The Morgan fingerprint density at radius 2 is 1.76 bits per heavy atom. The van der Waals surface area contributed by atoms with Gasteiger partial charge >= 0.3 is 6.03 Å². The summed E-state index contributed by atoms with van der Waals surface area (Å²) in [6.45, 7) is 4.49. The molecule has 0 spiro atoms. The summed E-state index contributed by atoms with van der Waals surface area (Å²) in [5, 5.41) is 7.19. The van der Waals surface area contributed by atoms with Gasteiger partial charge in [0.15, 0.2) is 5.69 Å². The molecule has 1 fully saturated rings. The summed E-state index contributed by atoms with van der Waals surface area (Å²) < 4.78 is 49.0. The maximum atomic E-state index is 14.3. The van der Waals surface area contributed by atoms with Crippen LogP contribution in [-0.4, -0.2) is 63.8 Å². The molecule has 0 saturated carbocycles. The molecular formula is C32H31F3N6O4. The van der Waals surface area contributed by atoms with Gasteiger partial charge in [-0.3, -0.25) is 14.6 Å². The number of nitrogens with one attached hydrogen (secondary N) is 1. The number of pyridine rings is 1. The predicted molar refractivity (Wildman–Crippen MR) is 158 cm³/mol. The third-order valence-corrected chi connectivity index (χ3v) is 7.58. The van der Waals surface area contributed by atoms with Crippen LogP contribution in [0.15, 0.2) is 60.8 Å². The molecule has 1 aliphatic rings. The fourth-order valence-electron chi connectivity index (χ4n) is 5.20. The van der Waals surface area contributed by atoms with E-state index in [-0.39, 0.29) is 46.9 Å². The fraction of sp³-hybridized carbons (Fsp3) is 0.281. The number of carbonyl (C=O) groups is 3. The third kappa shape index (κ3) is 6.73. The zero-order valence-corrected chi connectivity index (χ0v) is 24.8. The zero-order chi connectivity index (χ0) is 32.4. The lowest BCUT2D eigenvalue weighted by molar-refractivity contribution is -0.0194. The molecule has 234 valence electrons. The number of amides is 3. The number of nitrogens with two attached hydrogens (primary N) is 1. The SMILES string of the molecule is COC1CN(C(=O)c2cc(C(C)C)n(C(=O)N[C@@H](Cc3cc(F)cc(F)c3)c3ncccc3-c3ccc(F)c(C(N)=O)c3)n2)C1. The van der Waals surface area contributed by atoms with Gasteiger partial charge in [0.25, 0.3) is 11.8 Å². The van der Waals surface area contributed by atoms with Crippen LogP contribution in [0.4, 0.5) is 18.0 Å². The number of aromatic nitrogens is 3. The number of halogens is 3. The molecule has 13 heteroatoms. The highest BCUT2D eigenvalue weighted by Crippen LogP contribution is 2.31. The molecule has 0 bridgehead atoms. The quantitative estimate of drug-likeness (QED) is 0.281. The molecule has 0 aliphatic carbocycles. The lowest BCUT2D eigenvalue weighted by Gasteiger charge is -2.37. The van der Waals surface area contributed by atoms with Crippen LogP contribution in [0.25, 0.3) is 11.1 Å². The van der Waals surface area contributed by atoms with Gasteiger partial charge in [0.05, 0.1) is 29.1 Å². The lowest BCUT2D eigenvalue weighted by Crippen LogP contribution is -2.54. The highest BCUT2D eigenvalue weighted by molar-refractivity contribution is 5.95. The van der Waals surface area contributed by atoms with E-state index in [1.54, 1.807) is 30.2 Å². The number of carbonyl (C=O) groups excluding carboxylic acids is 3.